The van der Waals surface area contributed by atoms with Gasteiger partial charge in [-0.25, -0.2) is 0 Å². The van der Waals surface area contributed by atoms with Crippen molar-refractivity contribution in [2.75, 3.05) is 11.5 Å². The third-order valence-corrected chi connectivity index (χ3v) is 9.81. The number of ketones is 1. The van der Waals surface area contributed by atoms with Crippen molar-refractivity contribution < 1.29 is 24.2 Å². The number of rotatable bonds is 10. The second-order valence-electron chi connectivity index (χ2n) is 10.7. The summed E-state index contributed by atoms with van der Waals surface area (Å²) in [6, 6.07) is 19.2. The minimum Gasteiger partial charge on any atom is -0.507 e. The van der Waals surface area contributed by atoms with E-state index < -0.39 is 17.7 Å². The van der Waals surface area contributed by atoms with E-state index in [1.807, 2.05) is 61.5 Å². The number of nitrogens with zero attached hydrogens (tertiary/aromatic N) is 3. The van der Waals surface area contributed by atoms with E-state index in [1.54, 1.807) is 12.1 Å². The average Bonchev–Trinajstić information content (AvgIpc) is 3.71. The highest BCUT2D eigenvalue weighted by atomic mass is 35.5. The van der Waals surface area contributed by atoms with Crippen LogP contribution in [-0.2, 0) is 21.8 Å². The van der Waals surface area contributed by atoms with Gasteiger partial charge in [-0.2, -0.15) is 0 Å². The number of hydrogen-bond acceptors (Lipinski definition) is 9. The number of halogens is 1. The molecular weight excluding hydrogens is 618 g/mol. The van der Waals surface area contributed by atoms with Crippen molar-refractivity contribution in [3.05, 3.63) is 99.6 Å². The van der Waals surface area contributed by atoms with Gasteiger partial charge >= 0.3 is 5.91 Å². The van der Waals surface area contributed by atoms with E-state index in [9.17, 15) is 14.7 Å². The molecule has 1 saturated heterocycles. The van der Waals surface area contributed by atoms with Crippen LogP contribution in [0.5, 0.6) is 11.5 Å². The molecular formula is C33H30ClN3O5S2. The van der Waals surface area contributed by atoms with Crippen LogP contribution in [0.4, 0.5) is 5.13 Å². The van der Waals surface area contributed by atoms with Gasteiger partial charge in [0, 0.05) is 22.8 Å². The first kappa shape index (κ1) is 30.2. The van der Waals surface area contributed by atoms with Crippen LogP contribution >= 0.6 is 34.7 Å². The number of carbonyl (C=O) groups is 2. The van der Waals surface area contributed by atoms with Gasteiger partial charge in [-0.15, -0.1) is 10.2 Å². The molecule has 1 amide bonds. The van der Waals surface area contributed by atoms with Gasteiger partial charge in [0.05, 0.1) is 18.2 Å². The summed E-state index contributed by atoms with van der Waals surface area (Å²) in [5, 5.41) is 21.2. The van der Waals surface area contributed by atoms with Crippen LogP contribution in [0.2, 0.25) is 5.02 Å². The van der Waals surface area contributed by atoms with Crippen LogP contribution in [0, 0.1) is 0 Å². The quantitative estimate of drug-likeness (QED) is 0.0469. The SMILES string of the molecule is CCCCOc1cccc(C2C(=C(O)c3ccc4c(c3)CC(C)O4)C(=O)C(=O)N2c2nnc(SCc3ccc(Cl)cc3)s2)c1. The lowest BCUT2D eigenvalue weighted by atomic mass is 9.94. The Morgan fingerprint density at radius 3 is 2.75 bits per heavy atom. The maximum Gasteiger partial charge on any atom is 0.301 e. The molecule has 0 radical (unpaired) electrons. The Labute approximate surface area is 268 Å². The lowest BCUT2D eigenvalue weighted by molar-refractivity contribution is -0.132. The van der Waals surface area contributed by atoms with E-state index in [-0.39, 0.29) is 22.6 Å². The molecule has 2 unspecified atom stereocenters. The Morgan fingerprint density at radius 2 is 1.95 bits per heavy atom. The first-order valence-corrected chi connectivity index (χ1v) is 16.5. The minimum absolute atomic E-state index is 0.0156. The number of aliphatic hydroxyl groups excluding tert-OH is 1. The number of anilines is 1. The molecule has 0 aliphatic carbocycles. The zero-order chi connectivity index (χ0) is 30.8. The Balaban J connectivity index is 1.38. The number of aromatic nitrogens is 2. The minimum atomic E-state index is -0.935. The van der Waals surface area contributed by atoms with Gasteiger partial charge in [0.1, 0.15) is 23.4 Å². The number of aliphatic hydroxyl groups is 1. The normalized spacial score (nSPS) is 18.8. The number of ether oxygens (including phenoxy) is 2. The predicted octanol–water partition coefficient (Wildman–Crippen LogP) is 7.61. The molecule has 3 heterocycles. The van der Waals surface area contributed by atoms with E-state index in [1.165, 1.54) is 28.0 Å². The molecule has 4 aromatic rings. The van der Waals surface area contributed by atoms with Gasteiger partial charge in [0.2, 0.25) is 5.13 Å². The highest BCUT2D eigenvalue weighted by Gasteiger charge is 2.48. The number of carbonyl (C=O) groups excluding carboxylic acids is 2. The van der Waals surface area contributed by atoms with Crippen molar-refractivity contribution in [1.82, 2.24) is 10.2 Å². The number of amides is 1. The molecule has 1 N–H and O–H groups in total. The van der Waals surface area contributed by atoms with Crippen LogP contribution in [0.1, 0.15) is 55.0 Å². The molecule has 6 rings (SSSR count). The monoisotopic (exact) mass is 647 g/mol. The number of Topliss-reactive ketones (excluding diaryl/α,β-unsaturated/α-hetero) is 1. The zero-order valence-corrected chi connectivity index (χ0v) is 26.5. The van der Waals surface area contributed by atoms with Gasteiger partial charge in [0.15, 0.2) is 4.34 Å². The van der Waals surface area contributed by atoms with Crippen molar-refractivity contribution >= 4 is 57.3 Å². The van der Waals surface area contributed by atoms with Crippen LogP contribution < -0.4 is 14.4 Å². The van der Waals surface area contributed by atoms with Gasteiger partial charge in [-0.3, -0.25) is 14.5 Å². The smallest absolute Gasteiger partial charge is 0.301 e. The molecule has 1 aromatic heterocycles. The largest absolute Gasteiger partial charge is 0.507 e. The van der Waals surface area contributed by atoms with Gasteiger partial charge < -0.3 is 14.6 Å². The van der Waals surface area contributed by atoms with Crippen molar-refractivity contribution in [3.8, 4) is 11.5 Å². The van der Waals surface area contributed by atoms with Crippen molar-refractivity contribution in [3.63, 3.8) is 0 Å². The molecule has 3 aromatic carbocycles. The molecule has 0 saturated carbocycles. The molecule has 11 heteroatoms. The number of unbranched alkanes of at least 4 members (excludes halogenated alkanes) is 1. The molecule has 1 fully saturated rings. The third-order valence-electron chi connectivity index (χ3n) is 7.43. The topological polar surface area (TPSA) is 102 Å². The Bertz CT molecular complexity index is 1740. The predicted molar refractivity (Wildman–Crippen MR) is 173 cm³/mol. The van der Waals surface area contributed by atoms with E-state index >= 15 is 0 Å². The Hall–Kier alpha value is -3.86. The zero-order valence-electron chi connectivity index (χ0n) is 24.2. The highest BCUT2D eigenvalue weighted by Crippen LogP contribution is 2.45. The van der Waals surface area contributed by atoms with E-state index in [2.05, 4.69) is 17.1 Å². The molecule has 2 atom stereocenters. The highest BCUT2D eigenvalue weighted by molar-refractivity contribution is 8.00. The number of fused-ring (bicyclic) bond motifs is 1. The molecule has 44 heavy (non-hydrogen) atoms. The molecule has 2 aliphatic heterocycles. The summed E-state index contributed by atoms with van der Waals surface area (Å²) in [5.74, 6) is 0.170. The fourth-order valence-corrected chi connectivity index (χ4v) is 7.21. The molecule has 226 valence electrons. The van der Waals surface area contributed by atoms with Crippen molar-refractivity contribution in [1.29, 1.82) is 0 Å². The summed E-state index contributed by atoms with van der Waals surface area (Å²) in [4.78, 5) is 28.7. The van der Waals surface area contributed by atoms with Crippen LogP contribution in [-0.4, -0.2) is 39.7 Å². The first-order chi connectivity index (χ1) is 21.3. The van der Waals surface area contributed by atoms with E-state index in [0.717, 1.165) is 29.7 Å². The average molecular weight is 648 g/mol. The van der Waals surface area contributed by atoms with Crippen LogP contribution in [0.15, 0.2) is 76.6 Å². The molecule has 0 bridgehead atoms. The third kappa shape index (κ3) is 6.20. The van der Waals surface area contributed by atoms with Gasteiger partial charge in [-0.1, -0.05) is 72.3 Å². The summed E-state index contributed by atoms with van der Waals surface area (Å²) in [6.07, 6.45) is 2.59. The molecule has 8 nitrogen and oxygen atoms in total. The summed E-state index contributed by atoms with van der Waals surface area (Å²) in [6.45, 7) is 4.61. The van der Waals surface area contributed by atoms with E-state index in [0.29, 0.717) is 45.0 Å². The lowest BCUT2D eigenvalue weighted by Gasteiger charge is -2.23. The fourth-order valence-electron chi connectivity index (χ4n) is 5.26. The summed E-state index contributed by atoms with van der Waals surface area (Å²) < 4.78 is 12.4. The van der Waals surface area contributed by atoms with Gasteiger partial charge in [0.25, 0.3) is 5.78 Å². The summed E-state index contributed by atoms with van der Waals surface area (Å²) in [7, 11) is 0. The number of thioether (sulfide) groups is 1. The summed E-state index contributed by atoms with van der Waals surface area (Å²) in [5.41, 5.74) is 3.04. The standard InChI is InChI=1S/C33H30ClN3O5S2/c1-3-4-14-41-25-7-5-6-21(17-25)28-27(29(38)22-10-13-26-23(16-22)15-19(2)42-26)30(39)31(40)37(28)32-35-36-33(44-32)43-18-20-8-11-24(34)12-9-20/h5-13,16-17,19,28,38H,3-4,14-15,18H2,1-2H3. The second-order valence-corrected chi connectivity index (χ2v) is 13.3. The first-order valence-electron chi connectivity index (χ1n) is 14.4. The Morgan fingerprint density at radius 1 is 1.14 bits per heavy atom. The van der Waals surface area contributed by atoms with Gasteiger partial charge in [-0.05, 0) is 72.5 Å². The molecule has 2 aliphatic rings. The Kier molecular flexibility index (Phi) is 8.93. The molecule has 0 spiro atoms. The number of benzene rings is 3. The maximum absolute atomic E-state index is 13.7. The fraction of sp³-hybridized carbons (Fsp3) is 0.273. The summed E-state index contributed by atoms with van der Waals surface area (Å²) >= 11 is 8.70. The van der Waals surface area contributed by atoms with Crippen LogP contribution in [0.25, 0.3) is 5.76 Å². The van der Waals surface area contributed by atoms with E-state index in [4.69, 9.17) is 21.1 Å². The lowest BCUT2D eigenvalue weighted by Crippen LogP contribution is -2.29. The van der Waals surface area contributed by atoms with Crippen LogP contribution in [0.3, 0.4) is 0 Å². The van der Waals surface area contributed by atoms with Crippen molar-refractivity contribution in [2.45, 2.75) is 55.3 Å². The number of hydrogen-bond donors (Lipinski definition) is 1. The maximum atomic E-state index is 13.7. The van der Waals surface area contributed by atoms with Crippen molar-refractivity contribution in [2.24, 2.45) is 0 Å². The second kappa shape index (κ2) is 13.0.